The number of carbonyl (C=O) groups excluding carboxylic acids is 1. The lowest BCUT2D eigenvalue weighted by Gasteiger charge is -2.25. The molecule has 0 spiro atoms. The highest BCUT2D eigenvalue weighted by Crippen LogP contribution is 2.31. The van der Waals surface area contributed by atoms with Crippen molar-refractivity contribution in [1.82, 2.24) is 14.6 Å². The molecule has 2 amide bonds. The highest BCUT2D eigenvalue weighted by Gasteiger charge is 2.32. The number of hydrogen-bond donors (Lipinski definition) is 1. The standard InChI is InChI=1S/C17H19N3O3S/c1-13-4-6-15(7-5-13)24(22,23)19-17(21)20-12-2-3-16(20)14-8-10-18-11-9-14/h4-11,16H,2-3,12H2,1H3,(H,19,21). The summed E-state index contributed by atoms with van der Waals surface area (Å²) >= 11 is 0. The van der Waals surface area contributed by atoms with Crippen LogP contribution in [0.5, 0.6) is 0 Å². The Labute approximate surface area is 141 Å². The van der Waals surface area contributed by atoms with Crippen LogP contribution in [0.15, 0.2) is 53.7 Å². The lowest BCUT2D eigenvalue weighted by molar-refractivity contribution is 0.199. The van der Waals surface area contributed by atoms with Gasteiger partial charge in [0.2, 0.25) is 0 Å². The van der Waals surface area contributed by atoms with E-state index in [0.717, 1.165) is 24.0 Å². The molecule has 1 N–H and O–H groups in total. The van der Waals surface area contributed by atoms with Gasteiger partial charge in [0.25, 0.3) is 10.0 Å². The first kappa shape index (κ1) is 16.4. The Balaban J connectivity index is 1.77. The van der Waals surface area contributed by atoms with Crippen LogP contribution in [0.1, 0.15) is 30.0 Å². The molecule has 126 valence electrons. The van der Waals surface area contributed by atoms with E-state index in [0.29, 0.717) is 6.54 Å². The lowest BCUT2D eigenvalue weighted by Crippen LogP contribution is -2.42. The Kier molecular flexibility index (Phi) is 4.53. The van der Waals surface area contributed by atoms with Crippen LogP contribution < -0.4 is 4.72 Å². The molecule has 3 rings (SSSR count). The monoisotopic (exact) mass is 345 g/mol. The number of carbonyl (C=O) groups is 1. The summed E-state index contributed by atoms with van der Waals surface area (Å²) < 4.78 is 26.9. The molecule has 1 atom stereocenters. The van der Waals surface area contributed by atoms with E-state index in [1.807, 2.05) is 19.1 Å². The van der Waals surface area contributed by atoms with Crippen molar-refractivity contribution in [1.29, 1.82) is 0 Å². The number of rotatable bonds is 3. The summed E-state index contributed by atoms with van der Waals surface area (Å²) in [6.07, 6.45) is 4.99. The summed E-state index contributed by atoms with van der Waals surface area (Å²) in [5, 5.41) is 0. The Morgan fingerprint density at radius 3 is 2.50 bits per heavy atom. The molecule has 2 aromatic rings. The Hall–Kier alpha value is -2.41. The highest BCUT2D eigenvalue weighted by atomic mass is 32.2. The molecule has 24 heavy (non-hydrogen) atoms. The first-order valence-corrected chi connectivity index (χ1v) is 9.26. The minimum Gasteiger partial charge on any atom is -0.317 e. The normalized spacial score (nSPS) is 17.7. The fourth-order valence-electron chi connectivity index (χ4n) is 2.89. The summed E-state index contributed by atoms with van der Waals surface area (Å²) in [6.45, 7) is 2.40. The molecule has 1 saturated heterocycles. The predicted octanol–water partition coefficient (Wildman–Crippen LogP) is 2.63. The van der Waals surface area contributed by atoms with Crippen LogP contribution >= 0.6 is 0 Å². The number of pyridine rings is 1. The topological polar surface area (TPSA) is 79.4 Å². The average Bonchev–Trinajstić information content (AvgIpc) is 3.05. The molecular weight excluding hydrogens is 326 g/mol. The van der Waals surface area contributed by atoms with Crippen LogP contribution in [-0.4, -0.2) is 30.9 Å². The molecule has 1 unspecified atom stereocenters. The molecule has 1 aromatic heterocycles. The van der Waals surface area contributed by atoms with Gasteiger partial charge in [0.15, 0.2) is 0 Å². The van der Waals surface area contributed by atoms with Crippen molar-refractivity contribution < 1.29 is 13.2 Å². The zero-order chi connectivity index (χ0) is 17.2. The number of nitrogens with one attached hydrogen (secondary N) is 1. The predicted molar refractivity (Wildman–Crippen MR) is 89.8 cm³/mol. The minimum absolute atomic E-state index is 0.0844. The third kappa shape index (κ3) is 3.41. The second-order valence-corrected chi connectivity index (χ2v) is 7.54. The third-order valence-corrected chi connectivity index (χ3v) is 5.49. The summed E-state index contributed by atoms with van der Waals surface area (Å²) in [6, 6.07) is 9.39. The number of hydrogen-bond acceptors (Lipinski definition) is 4. The van der Waals surface area contributed by atoms with Gasteiger partial charge in [0.05, 0.1) is 10.9 Å². The minimum atomic E-state index is -3.87. The van der Waals surface area contributed by atoms with Gasteiger partial charge >= 0.3 is 6.03 Å². The smallest absolute Gasteiger partial charge is 0.317 e. The van der Waals surface area contributed by atoms with Crippen LogP contribution in [0.3, 0.4) is 0 Å². The van der Waals surface area contributed by atoms with Gasteiger partial charge in [-0.1, -0.05) is 17.7 Å². The van der Waals surface area contributed by atoms with Gasteiger partial charge in [-0.05, 0) is 49.6 Å². The van der Waals surface area contributed by atoms with Crippen LogP contribution in [0.25, 0.3) is 0 Å². The summed E-state index contributed by atoms with van der Waals surface area (Å²) in [4.78, 5) is 18.1. The van der Waals surface area contributed by atoms with Crippen LogP contribution in [0.2, 0.25) is 0 Å². The van der Waals surface area contributed by atoms with Crippen molar-refractivity contribution in [3.63, 3.8) is 0 Å². The van der Waals surface area contributed by atoms with Crippen LogP contribution in [-0.2, 0) is 10.0 Å². The van der Waals surface area contributed by atoms with E-state index in [1.54, 1.807) is 29.4 Å². The molecule has 0 saturated carbocycles. The zero-order valence-corrected chi connectivity index (χ0v) is 14.2. The second-order valence-electron chi connectivity index (χ2n) is 5.86. The SMILES string of the molecule is Cc1ccc(S(=O)(=O)NC(=O)N2CCCC2c2ccncc2)cc1. The Morgan fingerprint density at radius 2 is 1.83 bits per heavy atom. The number of amides is 2. The molecule has 1 aromatic carbocycles. The highest BCUT2D eigenvalue weighted by molar-refractivity contribution is 7.90. The number of aromatic nitrogens is 1. The third-order valence-electron chi connectivity index (χ3n) is 4.16. The number of urea groups is 1. The van der Waals surface area contributed by atoms with Gasteiger partial charge in [0, 0.05) is 18.9 Å². The molecule has 2 heterocycles. The van der Waals surface area contributed by atoms with Gasteiger partial charge in [0.1, 0.15) is 0 Å². The van der Waals surface area contributed by atoms with Gasteiger partial charge in [-0.3, -0.25) is 4.98 Å². The van der Waals surface area contributed by atoms with Crippen molar-refractivity contribution in [3.05, 3.63) is 59.9 Å². The molecule has 0 radical (unpaired) electrons. The van der Waals surface area contributed by atoms with E-state index in [9.17, 15) is 13.2 Å². The molecule has 1 fully saturated rings. The van der Waals surface area contributed by atoms with E-state index in [1.165, 1.54) is 12.1 Å². The van der Waals surface area contributed by atoms with E-state index in [2.05, 4.69) is 9.71 Å². The summed E-state index contributed by atoms with van der Waals surface area (Å²) in [7, 11) is -3.87. The van der Waals surface area contributed by atoms with Crippen molar-refractivity contribution in [2.45, 2.75) is 30.7 Å². The summed E-state index contributed by atoms with van der Waals surface area (Å²) in [5.74, 6) is 0. The number of sulfonamides is 1. The average molecular weight is 345 g/mol. The number of aryl methyl sites for hydroxylation is 1. The van der Waals surface area contributed by atoms with E-state index in [-0.39, 0.29) is 10.9 Å². The number of benzene rings is 1. The van der Waals surface area contributed by atoms with E-state index in [4.69, 9.17) is 0 Å². The summed E-state index contributed by atoms with van der Waals surface area (Å²) in [5.41, 5.74) is 1.92. The fraction of sp³-hybridized carbons (Fsp3) is 0.294. The maximum atomic E-state index is 12.5. The van der Waals surface area contributed by atoms with Gasteiger partial charge in [-0.15, -0.1) is 0 Å². The van der Waals surface area contributed by atoms with E-state index >= 15 is 0 Å². The van der Waals surface area contributed by atoms with Gasteiger partial charge in [-0.2, -0.15) is 0 Å². The van der Waals surface area contributed by atoms with Gasteiger partial charge < -0.3 is 4.90 Å². The molecule has 6 nitrogen and oxygen atoms in total. The maximum Gasteiger partial charge on any atom is 0.331 e. The van der Waals surface area contributed by atoms with Crippen molar-refractivity contribution in [2.75, 3.05) is 6.54 Å². The quantitative estimate of drug-likeness (QED) is 0.927. The largest absolute Gasteiger partial charge is 0.331 e. The number of nitrogens with zero attached hydrogens (tertiary/aromatic N) is 2. The first-order chi connectivity index (χ1) is 11.5. The van der Waals surface area contributed by atoms with Crippen molar-refractivity contribution in [2.24, 2.45) is 0 Å². The molecule has 1 aliphatic rings. The Bertz CT molecular complexity index is 820. The second kappa shape index (κ2) is 6.60. The maximum absolute atomic E-state index is 12.5. The molecule has 0 bridgehead atoms. The first-order valence-electron chi connectivity index (χ1n) is 7.77. The lowest BCUT2D eigenvalue weighted by atomic mass is 10.1. The Morgan fingerprint density at radius 1 is 1.17 bits per heavy atom. The fourth-order valence-corrected chi connectivity index (χ4v) is 3.85. The zero-order valence-electron chi connectivity index (χ0n) is 13.3. The van der Waals surface area contributed by atoms with Crippen LogP contribution in [0, 0.1) is 6.92 Å². The molecule has 7 heteroatoms. The molecule has 1 aliphatic heterocycles. The number of likely N-dealkylation sites (tertiary alicyclic amines) is 1. The molecule has 0 aliphatic carbocycles. The van der Waals surface area contributed by atoms with E-state index < -0.39 is 16.1 Å². The van der Waals surface area contributed by atoms with Crippen molar-refractivity contribution >= 4 is 16.1 Å². The van der Waals surface area contributed by atoms with Crippen molar-refractivity contribution in [3.8, 4) is 0 Å². The molecular formula is C17H19N3O3S. The van der Waals surface area contributed by atoms with Crippen LogP contribution in [0.4, 0.5) is 4.79 Å². The van der Waals surface area contributed by atoms with Gasteiger partial charge in [-0.25, -0.2) is 17.9 Å².